The van der Waals surface area contributed by atoms with E-state index in [1.54, 1.807) is 18.4 Å². The van der Waals surface area contributed by atoms with Crippen molar-refractivity contribution in [2.24, 2.45) is 0 Å². The standard InChI is InChI=1S/C20H26N2O3S/c1-15-5-10-19(26-15)12-21-20(23)22(14-18-4-3-11-25-18)13-16-6-8-17(24-2)9-7-16/h5-10,18H,3-4,11-14H2,1-2H3,(H,21,23)/t18-/m1/s1. The van der Waals surface area contributed by atoms with Crippen molar-refractivity contribution in [3.63, 3.8) is 0 Å². The average molecular weight is 375 g/mol. The minimum absolute atomic E-state index is 0.0534. The van der Waals surface area contributed by atoms with E-state index in [4.69, 9.17) is 9.47 Å². The monoisotopic (exact) mass is 374 g/mol. The van der Waals surface area contributed by atoms with Crippen LogP contribution in [0, 0.1) is 6.92 Å². The first-order valence-corrected chi connectivity index (χ1v) is 9.78. The van der Waals surface area contributed by atoms with Crippen molar-refractivity contribution in [1.29, 1.82) is 0 Å². The minimum atomic E-state index is -0.0534. The van der Waals surface area contributed by atoms with Gasteiger partial charge in [0.1, 0.15) is 5.75 Å². The van der Waals surface area contributed by atoms with Crippen LogP contribution in [0.3, 0.4) is 0 Å². The van der Waals surface area contributed by atoms with Crippen molar-refractivity contribution in [1.82, 2.24) is 10.2 Å². The fourth-order valence-electron chi connectivity index (χ4n) is 3.06. The van der Waals surface area contributed by atoms with E-state index in [0.717, 1.165) is 35.6 Å². The van der Waals surface area contributed by atoms with Gasteiger partial charge in [-0.2, -0.15) is 0 Å². The summed E-state index contributed by atoms with van der Waals surface area (Å²) in [7, 11) is 1.65. The number of carbonyl (C=O) groups is 1. The molecule has 0 bridgehead atoms. The zero-order chi connectivity index (χ0) is 18.4. The molecule has 3 rings (SSSR count). The van der Waals surface area contributed by atoms with Gasteiger partial charge >= 0.3 is 6.03 Å². The van der Waals surface area contributed by atoms with Crippen LogP contribution < -0.4 is 10.1 Å². The Morgan fingerprint density at radius 3 is 2.73 bits per heavy atom. The van der Waals surface area contributed by atoms with Crippen LogP contribution in [0.5, 0.6) is 5.75 Å². The summed E-state index contributed by atoms with van der Waals surface area (Å²) in [6, 6.07) is 11.9. The van der Waals surface area contributed by atoms with Gasteiger partial charge in [0.05, 0.1) is 19.8 Å². The first kappa shape index (κ1) is 18.7. The van der Waals surface area contributed by atoms with Gasteiger partial charge in [0.25, 0.3) is 0 Å². The second-order valence-corrected chi connectivity index (χ2v) is 7.91. The topological polar surface area (TPSA) is 50.8 Å². The lowest BCUT2D eigenvalue weighted by atomic mass is 10.2. The number of ether oxygens (including phenoxy) is 2. The lowest BCUT2D eigenvalue weighted by molar-refractivity contribution is 0.0794. The van der Waals surface area contributed by atoms with E-state index in [9.17, 15) is 4.79 Å². The molecule has 2 heterocycles. The minimum Gasteiger partial charge on any atom is -0.497 e. The highest BCUT2D eigenvalue weighted by molar-refractivity contribution is 7.11. The summed E-state index contributed by atoms with van der Waals surface area (Å²) in [4.78, 5) is 17.0. The molecule has 2 amide bonds. The predicted octanol–water partition coefficient (Wildman–Crippen LogP) is 3.96. The molecule has 5 nitrogen and oxygen atoms in total. The van der Waals surface area contributed by atoms with Crippen molar-refractivity contribution >= 4 is 17.4 Å². The molecule has 1 aliphatic heterocycles. The van der Waals surface area contributed by atoms with E-state index in [-0.39, 0.29) is 12.1 Å². The third-order valence-corrected chi connectivity index (χ3v) is 5.48. The number of carbonyl (C=O) groups excluding carboxylic acids is 1. The van der Waals surface area contributed by atoms with Gasteiger partial charge in [0.15, 0.2) is 0 Å². The molecule has 1 N–H and O–H groups in total. The van der Waals surface area contributed by atoms with Crippen LogP contribution in [-0.2, 0) is 17.8 Å². The van der Waals surface area contributed by atoms with Gasteiger partial charge in [-0.25, -0.2) is 4.79 Å². The van der Waals surface area contributed by atoms with Crippen molar-refractivity contribution in [2.45, 2.75) is 39.0 Å². The molecule has 26 heavy (non-hydrogen) atoms. The molecular formula is C20H26N2O3S. The second-order valence-electron chi connectivity index (χ2n) is 6.53. The number of rotatable bonds is 7. The number of aryl methyl sites for hydroxylation is 1. The molecule has 6 heteroatoms. The summed E-state index contributed by atoms with van der Waals surface area (Å²) in [5.74, 6) is 0.817. The molecule has 0 unspecified atom stereocenters. The zero-order valence-electron chi connectivity index (χ0n) is 15.4. The number of urea groups is 1. The Kier molecular flexibility index (Phi) is 6.52. The van der Waals surface area contributed by atoms with E-state index in [1.807, 2.05) is 29.2 Å². The van der Waals surface area contributed by atoms with Crippen molar-refractivity contribution in [2.75, 3.05) is 20.3 Å². The molecule has 1 aliphatic rings. The van der Waals surface area contributed by atoms with Crippen LogP contribution in [0.15, 0.2) is 36.4 Å². The van der Waals surface area contributed by atoms with E-state index >= 15 is 0 Å². The molecule has 2 aromatic rings. The SMILES string of the molecule is COc1ccc(CN(C[C@H]2CCCO2)C(=O)NCc2ccc(C)s2)cc1. The van der Waals surface area contributed by atoms with E-state index in [1.165, 1.54) is 4.88 Å². The highest BCUT2D eigenvalue weighted by Crippen LogP contribution is 2.18. The first-order chi connectivity index (χ1) is 12.6. The van der Waals surface area contributed by atoms with Gasteiger partial charge in [0, 0.05) is 29.5 Å². The van der Waals surface area contributed by atoms with Crippen LogP contribution in [-0.4, -0.2) is 37.3 Å². The fraction of sp³-hybridized carbons (Fsp3) is 0.450. The summed E-state index contributed by atoms with van der Waals surface area (Å²) in [6.07, 6.45) is 2.20. The highest BCUT2D eigenvalue weighted by Gasteiger charge is 2.22. The molecule has 1 aromatic heterocycles. The first-order valence-electron chi connectivity index (χ1n) is 8.96. The molecule has 1 saturated heterocycles. The van der Waals surface area contributed by atoms with E-state index in [0.29, 0.717) is 19.6 Å². The van der Waals surface area contributed by atoms with Crippen LogP contribution in [0.1, 0.15) is 28.2 Å². The number of amides is 2. The maximum Gasteiger partial charge on any atom is 0.318 e. The number of benzene rings is 1. The lowest BCUT2D eigenvalue weighted by Gasteiger charge is -2.26. The van der Waals surface area contributed by atoms with Gasteiger partial charge in [0.2, 0.25) is 0 Å². The Labute approximate surface area is 158 Å². The van der Waals surface area contributed by atoms with E-state index in [2.05, 4.69) is 24.4 Å². The Balaban J connectivity index is 1.63. The largest absolute Gasteiger partial charge is 0.497 e. The Morgan fingerprint density at radius 1 is 1.31 bits per heavy atom. The Morgan fingerprint density at radius 2 is 2.12 bits per heavy atom. The summed E-state index contributed by atoms with van der Waals surface area (Å²) in [5.41, 5.74) is 1.07. The van der Waals surface area contributed by atoms with Crippen LogP contribution in [0.25, 0.3) is 0 Å². The van der Waals surface area contributed by atoms with Gasteiger partial charge in [-0.15, -0.1) is 11.3 Å². The van der Waals surface area contributed by atoms with Crippen LogP contribution >= 0.6 is 11.3 Å². The fourth-order valence-corrected chi connectivity index (χ4v) is 3.89. The smallest absolute Gasteiger partial charge is 0.318 e. The molecule has 0 saturated carbocycles. The molecule has 1 aromatic carbocycles. The highest BCUT2D eigenvalue weighted by atomic mass is 32.1. The third-order valence-electron chi connectivity index (χ3n) is 4.48. The summed E-state index contributed by atoms with van der Waals surface area (Å²) in [6.45, 7) is 4.59. The maximum absolute atomic E-state index is 12.8. The molecule has 1 atom stereocenters. The number of hydrogen-bond donors (Lipinski definition) is 1. The predicted molar refractivity (Wildman–Crippen MR) is 104 cm³/mol. The molecule has 0 radical (unpaired) electrons. The van der Waals surface area contributed by atoms with Gasteiger partial charge in [-0.05, 0) is 49.6 Å². The summed E-state index contributed by atoms with van der Waals surface area (Å²) in [5, 5.41) is 3.05. The van der Waals surface area contributed by atoms with E-state index < -0.39 is 0 Å². The number of nitrogens with zero attached hydrogens (tertiary/aromatic N) is 1. The zero-order valence-corrected chi connectivity index (χ0v) is 16.2. The molecule has 1 fully saturated rings. The van der Waals surface area contributed by atoms with Gasteiger partial charge < -0.3 is 19.7 Å². The van der Waals surface area contributed by atoms with Crippen molar-refractivity contribution in [3.05, 3.63) is 51.7 Å². The van der Waals surface area contributed by atoms with Crippen molar-refractivity contribution < 1.29 is 14.3 Å². The summed E-state index contributed by atoms with van der Waals surface area (Å²) < 4.78 is 10.9. The lowest BCUT2D eigenvalue weighted by Crippen LogP contribution is -2.43. The van der Waals surface area contributed by atoms with Crippen LogP contribution in [0.4, 0.5) is 4.79 Å². The van der Waals surface area contributed by atoms with Crippen molar-refractivity contribution in [3.8, 4) is 5.75 Å². The summed E-state index contributed by atoms with van der Waals surface area (Å²) >= 11 is 1.71. The maximum atomic E-state index is 12.8. The molecule has 0 aliphatic carbocycles. The number of hydrogen-bond acceptors (Lipinski definition) is 4. The number of thiophene rings is 1. The second kappa shape index (κ2) is 9.05. The van der Waals surface area contributed by atoms with Gasteiger partial charge in [-0.1, -0.05) is 12.1 Å². The third kappa shape index (κ3) is 5.22. The molecular weight excluding hydrogens is 348 g/mol. The Hall–Kier alpha value is -2.05. The number of nitrogens with one attached hydrogen (secondary N) is 1. The number of methoxy groups -OCH3 is 1. The Bertz CT molecular complexity index is 708. The molecule has 0 spiro atoms. The quantitative estimate of drug-likeness (QED) is 0.798. The van der Waals surface area contributed by atoms with Crippen LogP contribution in [0.2, 0.25) is 0 Å². The molecule has 140 valence electrons. The average Bonchev–Trinajstić information content (AvgIpc) is 3.31. The normalized spacial score (nSPS) is 16.5. The van der Waals surface area contributed by atoms with Gasteiger partial charge in [-0.3, -0.25) is 0 Å².